The van der Waals surface area contributed by atoms with Gasteiger partial charge < -0.3 is 10.8 Å². The summed E-state index contributed by atoms with van der Waals surface area (Å²) in [4.78, 5) is 10.8. The molecule has 2 rings (SSSR count). The quantitative estimate of drug-likeness (QED) is 0.722. The Hall–Kier alpha value is -0.570. The van der Waals surface area contributed by atoms with Crippen LogP contribution in [0.5, 0.6) is 0 Å². The standard InChI is InChI=1S/C11H19NO2/c12-7-11(6-10(13)14)4-3-8-1-2-9(8)5-11/h8-9H,1-7,12H2,(H,13,14)/t8-,9-,11+/m1/s1. The van der Waals surface area contributed by atoms with Gasteiger partial charge in [0.05, 0.1) is 6.42 Å². The molecule has 0 bridgehead atoms. The minimum absolute atomic E-state index is 0.0760. The Morgan fingerprint density at radius 2 is 2.07 bits per heavy atom. The van der Waals surface area contributed by atoms with Gasteiger partial charge in [0.2, 0.25) is 0 Å². The van der Waals surface area contributed by atoms with Crippen LogP contribution in [-0.4, -0.2) is 17.6 Å². The van der Waals surface area contributed by atoms with Gasteiger partial charge in [-0.25, -0.2) is 0 Å². The molecule has 2 aliphatic rings. The molecule has 2 fully saturated rings. The van der Waals surface area contributed by atoms with E-state index in [-0.39, 0.29) is 11.8 Å². The molecule has 0 aromatic rings. The molecule has 80 valence electrons. The lowest BCUT2D eigenvalue weighted by Gasteiger charge is -2.49. The van der Waals surface area contributed by atoms with Crippen molar-refractivity contribution in [3.05, 3.63) is 0 Å². The highest BCUT2D eigenvalue weighted by Crippen LogP contribution is 2.52. The van der Waals surface area contributed by atoms with E-state index < -0.39 is 5.97 Å². The van der Waals surface area contributed by atoms with Crippen molar-refractivity contribution < 1.29 is 9.90 Å². The van der Waals surface area contributed by atoms with Crippen LogP contribution in [0.1, 0.15) is 38.5 Å². The Bertz CT molecular complexity index is 241. The SMILES string of the molecule is NC[C@@]1(CC(=O)O)CC[C@H]2CC[C@@H]2C1. The highest BCUT2D eigenvalue weighted by atomic mass is 16.4. The second-order valence-electron chi connectivity index (χ2n) is 5.11. The number of hydrogen-bond acceptors (Lipinski definition) is 2. The van der Waals surface area contributed by atoms with E-state index in [0.29, 0.717) is 6.54 Å². The third-order valence-corrected chi connectivity index (χ3v) is 4.27. The zero-order valence-corrected chi connectivity index (χ0v) is 8.54. The monoisotopic (exact) mass is 197 g/mol. The maximum atomic E-state index is 10.8. The van der Waals surface area contributed by atoms with Crippen molar-refractivity contribution in [1.29, 1.82) is 0 Å². The molecule has 2 saturated carbocycles. The number of fused-ring (bicyclic) bond motifs is 1. The number of nitrogens with two attached hydrogens (primary N) is 1. The molecular weight excluding hydrogens is 178 g/mol. The fourth-order valence-corrected chi connectivity index (χ4v) is 3.18. The van der Waals surface area contributed by atoms with Gasteiger partial charge in [-0.2, -0.15) is 0 Å². The van der Waals surface area contributed by atoms with Crippen LogP contribution in [0.25, 0.3) is 0 Å². The van der Waals surface area contributed by atoms with E-state index in [2.05, 4.69) is 0 Å². The summed E-state index contributed by atoms with van der Waals surface area (Å²) in [5.74, 6) is 0.989. The first-order valence-electron chi connectivity index (χ1n) is 5.57. The molecule has 14 heavy (non-hydrogen) atoms. The number of rotatable bonds is 3. The van der Waals surface area contributed by atoms with Gasteiger partial charge in [-0.05, 0) is 55.9 Å². The highest BCUT2D eigenvalue weighted by molar-refractivity contribution is 5.67. The summed E-state index contributed by atoms with van der Waals surface area (Å²) in [6, 6.07) is 0. The topological polar surface area (TPSA) is 63.3 Å². The first-order chi connectivity index (χ1) is 6.65. The van der Waals surface area contributed by atoms with E-state index in [9.17, 15) is 4.79 Å². The lowest BCUT2D eigenvalue weighted by Crippen LogP contribution is -2.44. The van der Waals surface area contributed by atoms with Gasteiger partial charge in [0.15, 0.2) is 0 Å². The van der Waals surface area contributed by atoms with E-state index in [4.69, 9.17) is 10.8 Å². The van der Waals surface area contributed by atoms with Crippen molar-refractivity contribution in [2.24, 2.45) is 23.0 Å². The second kappa shape index (κ2) is 3.54. The molecule has 0 aromatic carbocycles. The number of hydrogen-bond donors (Lipinski definition) is 2. The average Bonchev–Trinajstić information content (AvgIpc) is 2.09. The van der Waals surface area contributed by atoms with Gasteiger partial charge >= 0.3 is 5.97 Å². The molecule has 0 unspecified atom stereocenters. The van der Waals surface area contributed by atoms with Crippen LogP contribution >= 0.6 is 0 Å². The van der Waals surface area contributed by atoms with Gasteiger partial charge in [-0.1, -0.05) is 0 Å². The van der Waals surface area contributed by atoms with Gasteiger partial charge in [0.25, 0.3) is 0 Å². The van der Waals surface area contributed by atoms with Crippen molar-refractivity contribution in [2.75, 3.05) is 6.54 Å². The normalized spacial score (nSPS) is 41.2. The minimum atomic E-state index is -0.687. The first kappa shape index (κ1) is 9.97. The second-order valence-corrected chi connectivity index (χ2v) is 5.11. The lowest BCUT2D eigenvalue weighted by atomic mass is 9.56. The molecule has 0 radical (unpaired) electrons. The number of carbonyl (C=O) groups is 1. The number of carboxylic acid groups (broad SMARTS) is 1. The summed E-state index contributed by atoms with van der Waals surface area (Å²) < 4.78 is 0. The zero-order valence-electron chi connectivity index (χ0n) is 8.54. The fourth-order valence-electron chi connectivity index (χ4n) is 3.18. The highest BCUT2D eigenvalue weighted by Gasteiger charge is 2.44. The average molecular weight is 197 g/mol. The zero-order chi connectivity index (χ0) is 10.2. The molecule has 3 atom stereocenters. The van der Waals surface area contributed by atoms with Crippen molar-refractivity contribution in [3.8, 4) is 0 Å². The molecular formula is C11H19NO2. The van der Waals surface area contributed by atoms with E-state index in [0.717, 1.165) is 24.7 Å². The van der Waals surface area contributed by atoms with Gasteiger partial charge in [0, 0.05) is 0 Å². The van der Waals surface area contributed by atoms with Crippen LogP contribution in [0.3, 0.4) is 0 Å². The Balaban J connectivity index is 2.01. The molecule has 0 heterocycles. The Morgan fingerprint density at radius 3 is 2.50 bits per heavy atom. The van der Waals surface area contributed by atoms with Crippen LogP contribution in [0.2, 0.25) is 0 Å². The van der Waals surface area contributed by atoms with Crippen molar-refractivity contribution in [1.82, 2.24) is 0 Å². The van der Waals surface area contributed by atoms with Gasteiger partial charge in [-0.3, -0.25) is 4.79 Å². The van der Waals surface area contributed by atoms with Crippen LogP contribution in [0.15, 0.2) is 0 Å². The summed E-state index contributed by atoms with van der Waals surface area (Å²) in [7, 11) is 0. The van der Waals surface area contributed by atoms with E-state index in [1.54, 1.807) is 0 Å². The van der Waals surface area contributed by atoms with E-state index in [1.165, 1.54) is 19.3 Å². The summed E-state index contributed by atoms with van der Waals surface area (Å²) >= 11 is 0. The molecule has 2 aliphatic carbocycles. The van der Waals surface area contributed by atoms with Crippen molar-refractivity contribution in [2.45, 2.75) is 38.5 Å². The smallest absolute Gasteiger partial charge is 0.303 e. The van der Waals surface area contributed by atoms with Crippen LogP contribution < -0.4 is 5.73 Å². The number of aliphatic carboxylic acids is 1. The lowest BCUT2D eigenvalue weighted by molar-refractivity contribution is -0.141. The molecule has 3 N–H and O–H groups in total. The predicted octanol–water partition coefficient (Wildman–Crippen LogP) is 1.62. The summed E-state index contributed by atoms with van der Waals surface area (Å²) in [6.45, 7) is 0.544. The molecule has 0 spiro atoms. The fraction of sp³-hybridized carbons (Fsp3) is 0.909. The summed E-state index contributed by atoms with van der Waals surface area (Å²) in [6.07, 6.45) is 6.21. The Kier molecular flexibility index (Phi) is 2.52. The summed E-state index contributed by atoms with van der Waals surface area (Å²) in [5, 5.41) is 8.88. The third kappa shape index (κ3) is 1.65. The molecule has 0 aromatic heterocycles. The largest absolute Gasteiger partial charge is 0.481 e. The Morgan fingerprint density at radius 1 is 1.36 bits per heavy atom. The molecule has 0 aliphatic heterocycles. The van der Waals surface area contributed by atoms with Crippen LogP contribution in [-0.2, 0) is 4.79 Å². The number of carboxylic acids is 1. The van der Waals surface area contributed by atoms with Gasteiger partial charge in [-0.15, -0.1) is 0 Å². The molecule has 3 nitrogen and oxygen atoms in total. The van der Waals surface area contributed by atoms with Crippen molar-refractivity contribution >= 4 is 5.97 Å². The van der Waals surface area contributed by atoms with E-state index >= 15 is 0 Å². The molecule has 0 amide bonds. The predicted molar refractivity (Wildman–Crippen MR) is 53.8 cm³/mol. The maximum absolute atomic E-state index is 10.8. The molecule has 0 saturated heterocycles. The third-order valence-electron chi connectivity index (χ3n) is 4.27. The Labute approximate surface area is 84.7 Å². The van der Waals surface area contributed by atoms with E-state index in [1.807, 2.05) is 0 Å². The van der Waals surface area contributed by atoms with Gasteiger partial charge in [0.1, 0.15) is 0 Å². The molecule has 3 heteroatoms. The van der Waals surface area contributed by atoms with Crippen LogP contribution in [0.4, 0.5) is 0 Å². The maximum Gasteiger partial charge on any atom is 0.303 e. The van der Waals surface area contributed by atoms with Crippen molar-refractivity contribution in [3.63, 3.8) is 0 Å². The summed E-state index contributed by atoms with van der Waals surface area (Å²) in [5.41, 5.74) is 5.68. The van der Waals surface area contributed by atoms with Crippen LogP contribution in [0, 0.1) is 17.3 Å². The minimum Gasteiger partial charge on any atom is -0.481 e. The first-order valence-corrected chi connectivity index (χ1v) is 5.57.